The zero-order valence-electron chi connectivity index (χ0n) is 17.4. The van der Waals surface area contributed by atoms with Crippen LogP contribution in [0.15, 0.2) is 57.7 Å². The van der Waals surface area contributed by atoms with Gasteiger partial charge in [-0.15, -0.1) is 0 Å². The fourth-order valence-electron chi connectivity index (χ4n) is 3.93. The van der Waals surface area contributed by atoms with Crippen molar-refractivity contribution in [2.45, 2.75) is 19.6 Å². The van der Waals surface area contributed by atoms with Crippen LogP contribution in [0.4, 0.5) is 24.5 Å². The van der Waals surface area contributed by atoms with E-state index < -0.39 is 17.4 Å². The van der Waals surface area contributed by atoms with Gasteiger partial charge in [0.05, 0.1) is 5.56 Å². The third-order valence-electron chi connectivity index (χ3n) is 5.46. The lowest BCUT2D eigenvalue weighted by Crippen LogP contribution is -2.46. The highest BCUT2D eigenvalue weighted by Crippen LogP contribution is 2.32. The summed E-state index contributed by atoms with van der Waals surface area (Å²) in [6, 6.07) is 12.0. The maximum atomic E-state index is 13.0. The second-order valence-electron chi connectivity index (χ2n) is 7.79. The number of benzene rings is 2. The van der Waals surface area contributed by atoms with Gasteiger partial charge in [0.2, 0.25) is 5.91 Å². The van der Waals surface area contributed by atoms with Crippen molar-refractivity contribution in [3.8, 4) is 0 Å². The van der Waals surface area contributed by atoms with E-state index in [2.05, 4.69) is 10.2 Å². The van der Waals surface area contributed by atoms with Crippen molar-refractivity contribution in [2.24, 2.45) is 0 Å². The molecule has 0 aliphatic carbocycles. The van der Waals surface area contributed by atoms with Gasteiger partial charge in [-0.3, -0.25) is 9.69 Å². The summed E-state index contributed by atoms with van der Waals surface area (Å²) in [7, 11) is 0. The van der Waals surface area contributed by atoms with Crippen LogP contribution >= 0.6 is 0 Å². The lowest BCUT2D eigenvalue weighted by atomic mass is 10.1. The van der Waals surface area contributed by atoms with Crippen LogP contribution in [-0.4, -0.2) is 37.0 Å². The number of hydrogen-bond donors (Lipinski definition) is 1. The van der Waals surface area contributed by atoms with E-state index in [0.717, 1.165) is 17.0 Å². The standard InChI is InChI=1S/C23H22F3N3O3/c1-15(30)27-18-5-6-20-16(11-22(31)32-21(20)13-18)14-28-7-9-29(10-8-28)19-4-2-3-17(12-19)23(24,25)26/h2-6,11-13H,7-10,14H2,1H3,(H,27,30). The van der Waals surface area contributed by atoms with Crippen molar-refractivity contribution in [1.82, 2.24) is 4.90 Å². The first-order valence-electron chi connectivity index (χ1n) is 10.2. The Bertz CT molecular complexity index is 1200. The number of hydrogen-bond acceptors (Lipinski definition) is 5. The Hall–Kier alpha value is -3.33. The van der Waals surface area contributed by atoms with Crippen molar-refractivity contribution >= 4 is 28.3 Å². The molecule has 4 rings (SSSR count). The van der Waals surface area contributed by atoms with E-state index in [1.165, 1.54) is 25.1 Å². The predicted molar refractivity (Wildman–Crippen MR) is 116 cm³/mol. The van der Waals surface area contributed by atoms with E-state index in [4.69, 9.17) is 4.42 Å². The minimum atomic E-state index is -4.37. The van der Waals surface area contributed by atoms with Crippen molar-refractivity contribution in [2.75, 3.05) is 36.4 Å². The van der Waals surface area contributed by atoms with E-state index in [1.807, 2.05) is 4.90 Å². The van der Waals surface area contributed by atoms with Crippen LogP contribution in [0.5, 0.6) is 0 Å². The molecule has 6 nitrogen and oxygen atoms in total. The Kier molecular flexibility index (Phi) is 5.92. The summed E-state index contributed by atoms with van der Waals surface area (Å²) >= 11 is 0. The molecule has 2 heterocycles. The second-order valence-corrected chi connectivity index (χ2v) is 7.79. The molecule has 0 unspecified atom stereocenters. The minimum absolute atomic E-state index is 0.221. The smallest absolute Gasteiger partial charge is 0.416 e. The summed E-state index contributed by atoms with van der Waals surface area (Å²) in [6.07, 6.45) is -4.37. The van der Waals surface area contributed by atoms with Crippen LogP contribution < -0.4 is 15.8 Å². The second kappa shape index (κ2) is 8.66. The SMILES string of the molecule is CC(=O)Nc1ccc2c(CN3CCN(c4cccc(C(F)(F)F)c4)CC3)cc(=O)oc2c1. The van der Waals surface area contributed by atoms with Crippen LogP contribution in [0.3, 0.4) is 0 Å². The fraction of sp³-hybridized carbons (Fsp3) is 0.304. The largest absolute Gasteiger partial charge is 0.423 e. The number of carbonyl (C=O) groups excluding carboxylic acids is 1. The molecule has 1 saturated heterocycles. The Balaban J connectivity index is 1.47. The third-order valence-corrected chi connectivity index (χ3v) is 5.46. The molecule has 1 aromatic heterocycles. The number of fused-ring (bicyclic) bond motifs is 1. The van der Waals surface area contributed by atoms with Gasteiger partial charge in [-0.05, 0) is 35.9 Å². The lowest BCUT2D eigenvalue weighted by Gasteiger charge is -2.36. The average Bonchev–Trinajstić information content (AvgIpc) is 2.73. The number of anilines is 2. The molecule has 1 amide bonds. The molecule has 1 aliphatic rings. The number of amides is 1. The van der Waals surface area contributed by atoms with Crippen LogP contribution in [-0.2, 0) is 17.5 Å². The van der Waals surface area contributed by atoms with E-state index in [9.17, 15) is 22.8 Å². The van der Waals surface area contributed by atoms with Gasteiger partial charge in [0.1, 0.15) is 5.58 Å². The quantitative estimate of drug-likeness (QED) is 0.613. The van der Waals surface area contributed by atoms with Gasteiger partial charge in [0, 0.05) is 68.5 Å². The van der Waals surface area contributed by atoms with E-state index >= 15 is 0 Å². The first-order chi connectivity index (χ1) is 15.2. The number of piperazine rings is 1. The predicted octanol–water partition coefficient (Wildman–Crippen LogP) is 4.09. The summed E-state index contributed by atoms with van der Waals surface area (Å²) in [5.74, 6) is -0.221. The van der Waals surface area contributed by atoms with E-state index in [0.29, 0.717) is 49.7 Å². The Morgan fingerprint density at radius 2 is 1.81 bits per heavy atom. The molecular weight excluding hydrogens is 423 g/mol. The van der Waals surface area contributed by atoms with Gasteiger partial charge in [-0.2, -0.15) is 13.2 Å². The summed E-state index contributed by atoms with van der Waals surface area (Å²) in [5, 5.41) is 3.44. The average molecular weight is 445 g/mol. The monoisotopic (exact) mass is 445 g/mol. The highest BCUT2D eigenvalue weighted by atomic mass is 19.4. The van der Waals surface area contributed by atoms with Crippen LogP contribution in [0.2, 0.25) is 0 Å². The molecule has 1 fully saturated rings. The van der Waals surface area contributed by atoms with Gasteiger partial charge in [0.15, 0.2) is 0 Å². The number of nitrogens with zero attached hydrogens (tertiary/aromatic N) is 2. The number of rotatable bonds is 4. The van der Waals surface area contributed by atoms with Gasteiger partial charge >= 0.3 is 11.8 Å². The molecule has 0 bridgehead atoms. The number of halogens is 3. The van der Waals surface area contributed by atoms with Crippen molar-refractivity contribution < 1.29 is 22.4 Å². The van der Waals surface area contributed by atoms with Gasteiger partial charge < -0.3 is 14.6 Å². The molecule has 1 N–H and O–H groups in total. The number of alkyl halides is 3. The lowest BCUT2D eigenvalue weighted by molar-refractivity contribution is -0.137. The van der Waals surface area contributed by atoms with Crippen LogP contribution in [0.1, 0.15) is 18.1 Å². The highest BCUT2D eigenvalue weighted by molar-refractivity contribution is 5.92. The maximum Gasteiger partial charge on any atom is 0.416 e. The summed E-state index contributed by atoms with van der Waals surface area (Å²) in [4.78, 5) is 27.4. The zero-order valence-corrected chi connectivity index (χ0v) is 17.4. The van der Waals surface area contributed by atoms with Crippen molar-refractivity contribution in [3.63, 3.8) is 0 Å². The zero-order chi connectivity index (χ0) is 22.9. The number of nitrogens with one attached hydrogen (secondary N) is 1. The Morgan fingerprint density at radius 1 is 1.06 bits per heavy atom. The Labute approximate surface area is 182 Å². The normalized spacial score (nSPS) is 15.2. The fourth-order valence-corrected chi connectivity index (χ4v) is 3.93. The van der Waals surface area contributed by atoms with Crippen molar-refractivity contribution in [3.05, 3.63) is 70.1 Å². The van der Waals surface area contributed by atoms with Gasteiger partial charge in [-0.25, -0.2) is 4.79 Å². The van der Waals surface area contributed by atoms with E-state index in [1.54, 1.807) is 24.3 Å². The maximum absolute atomic E-state index is 13.0. The molecule has 2 aromatic carbocycles. The molecule has 0 radical (unpaired) electrons. The molecule has 0 atom stereocenters. The molecule has 1 aliphatic heterocycles. The topological polar surface area (TPSA) is 65.8 Å². The highest BCUT2D eigenvalue weighted by Gasteiger charge is 2.31. The third kappa shape index (κ3) is 4.94. The summed E-state index contributed by atoms with van der Waals surface area (Å²) in [6.45, 7) is 4.35. The molecule has 0 spiro atoms. The first-order valence-corrected chi connectivity index (χ1v) is 10.2. The van der Waals surface area contributed by atoms with Crippen LogP contribution in [0.25, 0.3) is 11.0 Å². The molecule has 3 aromatic rings. The minimum Gasteiger partial charge on any atom is -0.423 e. The molecule has 32 heavy (non-hydrogen) atoms. The summed E-state index contributed by atoms with van der Waals surface area (Å²) in [5.41, 5.74) is 1.16. The first kappa shape index (κ1) is 21.9. The molecule has 0 saturated carbocycles. The molecule has 168 valence electrons. The van der Waals surface area contributed by atoms with Crippen LogP contribution in [0, 0.1) is 0 Å². The molecular formula is C23H22F3N3O3. The van der Waals surface area contributed by atoms with Gasteiger partial charge in [0.25, 0.3) is 0 Å². The van der Waals surface area contributed by atoms with E-state index in [-0.39, 0.29) is 5.91 Å². The number of carbonyl (C=O) groups is 1. The van der Waals surface area contributed by atoms with Gasteiger partial charge in [-0.1, -0.05) is 6.07 Å². The van der Waals surface area contributed by atoms with Crippen molar-refractivity contribution in [1.29, 1.82) is 0 Å². The summed E-state index contributed by atoms with van der Waals surface area (Å²) < 4.78 is 44.3. The molecule has 9 heteroatoms. The Morgan fingerprint density at radius 3 is 2.50 bits per heavy atom.